The van der Waals surface area contributed by atoms with Crippen molar-refractivity contribution >= 4 is 29.2 Å². The van der Waals surface area contributed by atoms with Crippen LogP contribution in [0.15, 0.2) is 23.2 Å². The van der Waals surface area contributed by atoms with Crippen LogP contribution in [0.3, 0.4) is 0 Å². The molecule has 0 aliphatic carbocycles. The van der Waals surface area contributed by atoms with Crippen LogP contribution in [0.4, 0.5) is 0 Å². The highest BCUT2D eigenvalue weighted by Crippen LogP contribution is 2.20. The molecular formula is C13H19Cl2N3. The summed E-state index contributed by atoms with van der Waals surface area (Å²) in [7, 11) is 1.76. The first-order valence-electron chi connectivity index (χ1n) is 6.05. The summed E-state index contributed by atoms with van der Waals surface area (Å²) in [6.07, 6.45) is 1.91. The third-order valence-electron chi connectivity index (χ3n) is 2.47. The molecule has 0 atom stereocenters. The van der Waals surface area contributed by atoms with Crippen LogP contribution in [0, 0.1) is 0 Å². The summed E-state index contributed by atoms with van der Waals surface area (Å²) in [5.74, 6) is 0.821. The number of aliphatic imine (C=N–C) groups is 1. The third-order valence-corrected chi connectivity index (χ3v) is 3.05. The fourth-order valence-corrected chi connectivity index (χ4v) is 2.01. The topological polar surface area (TPSA) is 36.4 Å². The molecule has 0 heterocycles. The van der Waals surface area contributed by atoms with E-state index in [0.717, 1.165) is 37.5 Å². The van der Waals surface area contributed by atoms with E-state index >= 15 is 0 Å². The Bertz CT molecular complexity index is 405. The van der Waals surface area contributed by atoms with E-state index in [0.29, 0.717) is 10.0 Å². The summed E-state index contributed by atoms with van der Waals surface area (Å²) < 4.78 is 0. The van der Waals surface area contributed by atoms with Gasteiger partial charge in [0, 0.05) is 30.2 Å². The zero-order valence-electron chi connectivity index (χ0n) is 10.8. The quantitative estimate of drug-likeness (QED) is 0.645. The molecule has 0 fully saturated rings. The lowest BCUT2D eigenvalue weighted by Gasteiger charge is -2.11. The predicted octanol–water partition coefficient (Wildman–Crippen LogP) is 3.11. The van der Waals surface area contributed by atoms with E-state index < -0.39 is 0 Å². The molecule has 0 aromatic heterocycles. The van der Waals surface area contributed by atoms with Gasteiger partial charge in [0.15, 0.2) is 5.96 Å². The Morgan fingerprint density at radius 2 is 1.94 bits per heavy atom. The highest BCUT2D eigenvalue weighted by Gasteiger charge is 2.02. The van der Waals surface area contributed by atoms with Gasteiger partial charge in [-0.2, -0.15) is 0 Å². The first-order valence-corrected chi connectivity index (χ1v) is 6.81. The van der Waals surface area contributed by atoms with Gasteiger partial charge in [-0.05, 0) is 30.5 Å². The number of nitrogens with zero attached hydrogens (tertiary/aromatic N) is 1. The molecule has 0 radical (unpaired) electrons. The van der Waals surface area contributed by atoms with Crippen LogP contribution in [-0.2, 0) is 6.42 Å². The van der Waals surface area contributed by atoms with Crippen molar-refractivity contribution < 1.29 is 0 Å². The number of nitrogens with one attached hydrogen (secondary N) is 2. The van der Waals surface area contributed by atoms with Gasteiger partial charge in [0.25, 0.3) is 0 Å². The van der Waals surface area contributed by atoms with Gasteiger partial charge in [-0.3, -0.25) is 4.99 Å². The molecule has 1 rings (SSSR count). The van der Waals surface area contributed by atoms with Gasteiger partial charge in [0.05, 0.1) is 0 Å². The number of halogens is 2. The van der Waals surface area contributed by atoms with Gasteiger partial charge in [-0.25, -0.2) is 0 Å². The summed E-state index contributed by atoms with van der Waals surface area (Å²) in [6.45, 7) is 3.82. The minimum absolute atomic E-state index is 0.664. The summed E-state index contributed by atoms with van der Waals surface area (Å²) in [5.41, 5.74) is 1.08. The lowest BCUT2D eigenvalue weighted by Crippen LogP contribution is -2.38. The lowest BCUT2D eigenvalue weighted by atomic mass is 10.1. The Hall–Kier alpha value is -0.930. The largest absolute Gasteiger partial charge is 0.356 e. The second-order valence-electron chi connectivity index (χ2n) is 3.91. The van der Waals surface area contributed by atoms with Crippen LogP contribution < -0.4 is 10.6 Å². The fraction of sp³-hybridized carbons (Fsp3) is 0.462. The highest BCUT2D eigenvalue weighted by atomic mass is 35.5. The molecule has 0 saturated carbocycles. The molecule has 3 nitrogen and oxygen atoms in total. The van der Waals surface area contributed by atoms with E-state index in [1.54, 1.807) is 13.1 Å². The van der Waals surface area contributed by atoms with Crippen LogP contribution in [-0.4, -0.2) is 26.1 Å². The van der Waals surface area contributed by atoms with Gasteiger partial charge in [-0.15, -0.1) is 0 Å². The number of rotatable bonds is 5. The molecule has 100 valence electrons. The summed E-state index contributed by atoms with van der Waals surface area (Å²) in [6, 6.07) is 5.57. The number of benzene rings is 1. The van der Waals surface area contributed by atoms with Crippen molar-refractivity contribution in [1.29, 1.82) is 0 Å². The molecule has 0 unspecified atom stereocenters. The minimum atomic E-state index is 0.664. The highest BCUT2D eigenvalue weighted by molar-refractivity contribution is 6.35. The minimum Gasteiger partial charge on any atom is -0.356 e. The maximum Gasteiger partial charge on any atom is 0.190 e. The monoisotopic (exact) mass is 287 g/mol. The van der Waals surface area contributed by atoms with E-state index in [2.05, 4.69) is 22.5 Å². The standard InChI is InChI=1S/C13H19Cl2N3/c1-3-7-17-13(16-2)18-8-6-10-4-5-11(14)9-12(10)15/h4-5,9H,3,6-8H2,1-2H3,(H2,16,17,18). The van der Waals surface area contributed by atoms with E-state index in [1.807, 2.05) is 12.1 Å². The molecule has 1 aromatic rings. The van der Waals surface area contributed by atoms with Gasteiger partial charge >= 0.3 is 0 Å². The number of guanidine groups is 1. The molecule has 0 bridgehead atoms. The van der Waals surface area contributed by atoms with Crippen molar-refractivity contribution in [3.05, 3.63) is 33.8 Å². The molecule has 0 spiro atoms. The van der Waals surface area contributed by atoms with Crippen molar-refractivity contribution in [3.63, 3.8) is 0 Å². The molecule has 18 heavy (non-hydrogen) atoms. The van der Waals surface area contributed by atoms with Gasteiger partial charge in [0.2, 0.25) is 0 Å². The first kappa shape index (κ1) is 15.1. The number of hydrogen-bond donors (Lipinski definition) is 2. The van der Waals surface area contributed by atoms with Crippen LogP contribution >= 0.6 is 23.2 Å². The molecule has 0 aliphatic heterocycles. The average Bonchev–Trinajstić information content (AvgIpc) is 2.36. The molecule has 0 amide bonds. The third kappa shape index (κ3) is 5.15. The number of hydrogen-bond acceptors (Lipinski definition) is 1. The van der Waals surface area contributed by atoms with E-state index in [4.69, 9.17) is 23.2 Å². The maximum atomic E-state index is 6.10. The Morgan fingerprint density at radius 1 is 1.22 bits per heavy atom. The zero-order chi connectivity index (χ0) is 13.4. The predicted molar refractivity (Wildman–Crippen MR) is 79.8 cm³/mol. The normalized spacial score (nSPS) is 11.4. The van der Waals surface area contributed by atoms with Gasteiger partial charge < -0.3 is 10.6 Å². The zero-order valence-corrected chi connectivity index (χ0v) is 12.3. The lowest BCUT2D eigenvalue weighted by molar-refractivity contribution is 0.773. The van der Waals surface area contributed by atoms with E-state index in [1.165, 1.54) is 0 Å². The summed E-state index contributed by atoms with van der Waals surface area (Å²) in [4.78, 5) is 4.13. The molecule has 0 aliphatic rings. The second kappa shape index (κ2) is 8.22. The van der Waals surface area contributed by atoms with Crippen molar-refractivity contribution in [2.75, 3.05) is 20.1 Å². The second-order valence-corrected chi connectivity index (χ2v) is 4.76. The Morgan fingerprint density at radius 3 is 2.56 bits per heavy atom. The van der Waals surface area contributed by atoms with Crippen molar-refractivity contribution in [1.82, 2.24) is 10.6 Å². The first-order chi connectivity index (χ1) is 8.67. The molecule has 0 saturated heterocycles. The Balaban J connectivity index is 2.41. The van der Waals surface area contributed by atoms with Crippen LogP contribution in [0.2, 0.25) is 10.0 Å². The Kier molecular flexibility index (Phi) is 6.91. The van der Waals surface area contributed by atoms with Gasteiger partial charge in [0.1, 0.15) is 0 Å². The van der Waals surface area contributed by atoms with Crippen molar-refractivity contribution in [2.24, 2.45) is 4.99 Å². The van der Waals surface area contributed by atoms with E-state index in [9.17, 15) is 0 Å². The van der Waals surface area contributed by atoms with Crippen LogP contribution in [0.5, 0.6) is 0 Å². The van der Waals surface area contributed by atoms with Crippen LogP contribution in [0.25, 0.3) is 0 Å². The van der Waals surface area contributed by atoms with Crippen molar-refractivity contribution in [3.8, 4) is 0 Å². The fourth-order valence-electron chi connectivity index (χ4n) is 1.50. The summed E-state index contributed by atoms with van der Waals surface area (Å²) in [5, 5.41) is 7.83. The molecule has 2 N–H and O–H groups in total. The molecule has 1 aromatic carbocycles. The molecule has 5 heteroatoms. The van der Waals surface area contributed by atoms with Gasteiger partial charge in [-0.1, -0.05) is 36.2 Å². The van der Waals surface area contributed by atoms with Crippen molar-refractivity contribution in [2.45, 2.75) is 19.8 Å². The maximum absolute atomic E-state index is 6.10. The van der Waals surface area contributed by atoms with Crippen LogP contribution in [0.1, 0.15) is 18.9 Å². The smallest absolute Gasteiger partial charge is 0.190 e. The SMILES string of the molecule is CCCNC(=NC)NCCc1ccc(Cl)cc1Cl. The average molecular weight is 288 g/mol. The Labute approximate surface area is 119 Å². The van der Waals surface area contributed by atoms with E-state index in [-0.39, 0.29) is 0 Å². The summed E-state index contributed by atoms with van der Waals surface area (Å²) >= 11 is 12.0. The molecular weight excluding hydrogens is 269 g/mol.